The normalized spacial score (nSPS) is 11.3. The number of rotatable bonds is 40. The highest BCUT2D eigenvalue weighted by atomic mass is 16.6. The molecular weight excluding hydrogens is 604 g/mol. The highest BCUT2D eigenvalue weighted by molar-refractivity contribution is 4.83. The molecule has 46 heavy (non-hydrogen) atoms. The number of hydrogen-bond donors (Lipinski definition) is 1. The third-order valence-electron chi connectivity index (χ3n) is 5.64. The van der Waals surface area contributed by atoms with Gasteiger partial charge in [0.15, 0.2) is 0 Å². The van der Waals surface area contributed by atoms with E-state index in [1.807, 2.05) is 0 Å². The van der Waals surface area contributed by atoms with Crippen LogP contribution in [-0.2, 0) is 56.8 Å². The molecule has 0 aliphatic heterocycles. The third kappa shape index (κ3) is 38.7. The first-order chi connectivity index (χ1) is 22.8. The van der Waals surface area contributed by atoms with Gasteiger partial charge in [0.1, 0.15) is 13.2 Å². The maximum absolute atomic E-state index is 5.76. The molecule has 0 aromatic carbocycles. The molecule has 2 N–H and O–H groups in total. The number of nitrogens with zero attached hydrogens (tertiary/aromatic N) is 1. The molecule has 0 amide bonds. The molecule has 0 fully saturated rings. The second-order valence-electron chi connectivity index (χ2n) is 9.27. The van der Waals surface area contributed by atoms with Crippen LogP contribution < -0.4 is 5.73 Å². The van der Waals surface area contributed by atoms with Crippen LogP contribution in [0.15, 0.2) is 0 Å². The van der Waals surface area contributed by atoms with Crippen molar-refractivity contribution in [2.24, 2.45) is 5.73 Å². The van der Waals surface area contributed by atoms with E-state index in [0.717, 1.165) is 19.6 Å². The highest BCUT2D eigenvalue weighted by Gasteiger charge is 2.06. The van der Waals surface area contributed by atoms with Gasteiger partial charge in [0.25, 0.3) is 0 Å². The average Bonchev–Trinajstić information content (AvgIpc) is 3.07. The van der Waals surface area contributed by atoms with E-state index in [4.69, 9.17) is 75.4 Å². The van der Waals surface area contributed by atoms with Crippen molar-refractivity contribution in [1.29, 1.82) is 0 Å². The fourth-order valence-electron chi connectivity index (χ4n) is 3.34. The van der Waals surface area contributed by atoms with Crippen molar-refractivity contribution in [3.05, 3.63) is 0 Å². The number of hydrogen-bond acceptors (Lipinski definition) is 14. The van der Waals surface area contributed by atoms with Crippen LogP contribution in [0.2, 0.25) is 0 Å². The van der Waals surface area contributed by atoms with Crippen molar-refractivity contribution in [3.63, 3.8) is 0 Å². The average molecular weight is 665 g/mol. The first kappa shape index (κ1) is 44.6. The van der Waals surface area contributed by atoms with Gasteiger partial charge in [-0.2, -0.15) is 0 Å². The second kappa shape index (κ2) is 41.6. The van der Waals surface area contributed by atoms with Crippen LogP contribution in [0.1, 0.15) is 0 Å². The summed E-state index contributed by atoms with van der Waals surface area (Å²) in [5.74, 6) is 4.82. The van der Waals surface area contributed by atoms with Crippen molar-refractivity contribution in [3.8, 4) is 24.7 Å². The van der Waals surface area contributed by atoms with E-state index in [0.29, 0.717) is 165 Å². The van der Waals surface area contributed by atoms with Gasteiger partial charge < -0.3 is 62.6 Å². The van der Waals surface area contributed by atoms with Gasteiger partial charge in [0, 0.05) is 26.2 Å². The molecule has 0 rings (SSSR count). The minimum Gasteiger partial charge on any atom is -0.378 e. The number of terminal acetylenes is 2. The molecule has 0 aromatic rings. The quantitative estimate of drug-likeness (QED) is 0.0678. The summed E-state index contributed by atoms with van der Waals surface area (Å²) in [7, 11) is 0. The molecule has 0 bridgehead atoms. The highest BCUT2D eigenvalue weighted by Crippen LogP contribution is 1.93. The summed E-state index contributed by atoms with van der Waals surface area (Å²) in [4.78, 5) is 2.25. The predicted molar refractivity (Wildman–Crippen MR) is 173 cm³/mol. The molecule has 14 heteroatoms. The molecule has 0 aliphatic rings. The lowest BCUT2D eigenvalue weighted by atomic mass is 10.4. The Kier molecular flexibility index (Phi) is 40.3. The van der Waals surface area contributed by atoms with Gasteiger partial charge in [0.05, 0.1) is 145 Å². The molecule has 0 unspecified atom stereocenters. The van der Waals surface area contributed by atoms with Crippen LogP contribution in [0.5, 0.6) is 0 Å². The smallest absolute Gasteiger partial charge is 0.107 e. The Morgan fingerprint density at radius 2 is 0.543 bits per heavy atom. The lowest BCUT2D eigenvalue weighted by Crippen LogP contribution is -2.34. The molecule has 270 valence electrons. The Morgan fingerprint density at radius 1 is 0.326 bits per heavy atom. The molecule has 0 saturated carbocycles. The summed E-state index contributed by atoms with van der Waals surface area (Å²) in [6.45, 7) is 14.7. The van der Waals surface area contributed by atoms with Gasteiger partial charge in [0.2, 0.25) is 0 Å². The molecule has 0 radical (unpaired) electrons. The zero-order valence-corrected chi connectivity index (χ0v) is 27.9. The van der Waals surface area contributed by atoms with Gasteiger partial charge in [-0.3, -0.25) is 4.90 Å². The molecule has 0 spiro atoms. The lowest BCUT2D eigenvalue weighted by Gasteiger charge is -2.22. The molecule has 0 aromatic heterocycles. The predicted octanol–water partition coefficient (Wildman–Crippen LogP) is -0.287. The van der Waals surface area contributed by atoms with E-state index in [1.165, 1.54) is 0 Å². The van der Waals surface area contributed by atoms with Crippen molar-refractivity contribution in [2.75, 3.05) is 185 Å². The summed E-state index contributed by atoms with van der Waals surface area (Å²) >= 11 is 0. The minimum atomic E-state index is 0.297. The zero-order chi connectivity index (χ0) is 33.3. The van der Waals surface area contributed by atoms with Gasteiger partial charge in [-0.05, 0) is 0 Å². The maximum Gasteiger partial charge on any atom is 0.107 e. The van der Waals surface area contributed by atoms with Crippen molar-refractivity contribution >= 4 is 0 Å². The molecule has 0 heterocycles. The van der Waals surface area contributed by atoms with Gasteiger partial charge >= 0.3 is 0 Å². The van der Waals surface area contributed by atoms with E-state index >= 15 is 0 Å². The summed E-state index contributed by atoms with van der Waals surface area (Å²) in [5.41, 5.74) is 5.37. The lowest BCUT2D eigenvalue weighted by molar-refractivity contribution is -0.0131. The third-order valence-corrected chi connectivity index (χ3v) is 5.64. The van der Waals surface area contributed by atoms with Crippen molar-refractivity contribution in [1.82, 2.24) is 4.90 Å². The van der Waals surface area contributed by atoms with Gasteiger partial charge in [-0.15, -0.1) is 12.8 Å². The maximum atomic E-state index is 5.76. The topological polar surface area (TPSA) is 140 Å². The Balaban J connectivity index is 3.93. The summed E-state index contributed by atoms with van der Waals surface area (Å²) in [6, 6.07) is 0. The fourth-order valence-corrected chi connectivity index (χ4v) is 3.34. The van der Waals surface area contributed by atoms with E-state index < -0.39 is 0 Å². The van der Waals surface area contributed by atoms with E-state index in [9.17, 15) is 0 Å². The first-order valence-electron chi connectivity index (χ1n) is 16.1. The Bertz CT molecular complexity index is 626. The van der Waals surface area contributed by atoms with Crippen molar-refractivity contribution < 1.29 is 56.8 Å². The van der Waals surface area contributed by atoms with E-state index in [1.54, 1.807) is 0 Å². The minimum absolute atomic E-state index is 0.297. The largest absolute Gasteiger partial charge is 0.378 e. The van der Waals surface area contributed by atoms with Crippen molar-refractivity contribution in [2.45, 2.75) is 0 Å². The van der Waals surface area contributed by atoms with Crippen LogP contribution in [0.4, 0.5) is 0 Å². The monoisotopic (exact) mass is 664 g/mol. The SMILES string of the molecule is C#CCOCCOCCOCCOCCN(CCOCCOCCOCCOCC#C)CCOCCOCCOCCOCCN. The standard InChI is InChI=1S/C32H60N2O12/c1-3-9-35-15-21-41-27-30-44-24-18-38-12-6-34(7-13-39-19-25-45-31-28-42-22-16-36-10-4-2)8-14-40-20-26-46-32-29-43-23-17-37-11-5-33/h1-2H,5-33H2. The second-order valence-corrected chi connectivity index (χ2v) is 9.27. The number of nitrogens with two attached hydrogens (primary N) is 1. The Morgan fingerprint density at radius 3 is 0.783 bits per heavy atom. The zero-order valence-electron chi connectivity index (χ0n) is 27.9. The summed E-state index contributed by atoms with van der Waals surface area (Å²) in [6.07, 6.45) is 10.2. The van der Waals surface area contributed by atoms with E-state index in [2.05, 4.69) is 16.7 Å². The van der Waals surface area contributed by atoms with Crippen LogP contribution in [-0.4, -0.2) is 190 Å². The molecule has 14 nitrogen and oxygen atoms in total. The van der Waals surface area contributed by atoms with Crippen LogP contribution in [0.3, 0.4) is 0 Å². The molecule has 0 aliphatic carbocycles. The van der Waals surface area contributed by atoms with Crippen LogP contribution >= 0.6 is 0 Å². The first-order valence-corrected chi connectivity index (χ1v) is 16.1. The Hall–Kier alpha value is -1.44. The number of ether oxygens (including phenoxy) is 12. The fraction of sp³-hybridized carbons (Fsp3) is 0.875. The Labute approximate surface area is 277 Å². The molecular formula is C32H60N2O12. The van der Waals surface area contributed by atoms with Gasteiger partial charge in [-0.25, -0.2) is 0 Å². The van der Waals surface area contributed by atoms with Crippen LogP contribution in [0, 0.1) is 24.7 Å². The molecule has 0 atom stereocenters. The summed E-state index contributed by atoms with van der Waals surface area (Å²) < 4.78 is 65.6. The van der Waals surface area contributed by atoms with Gasteiger partial charge in [-0.1, -0.05) is 11.8 Å². The summed E-state index contributed by atoms with van der Waals surface area (Å²) in [5, 5.41) is 0. The molecule has 0 saturated heterocycles. The van der Waals surface area contributed by atoms with E-state index in [-0.39, 0.29) is 0 Å². The van der Waals surface area contributed by atoms with Crippen LogP contribution in [0.25, 0.3) is 0 Å².